The summed E-state index contributed by atoms with van der Waals surface area (Å²) in [5, 5.41) is 28.0. The predicted octanol–water partition coefficient (Wildman–Crippen LogP) is 3.09. The lowest BCUT2D eigenvalue weighted by molar-refractivity contribution is -0.138. The summed E-state index contributed by atoms with van der Waals surface area (Å²) in [6.45, 7) is 0.274. The lowest BCUT2D eigenvalue weighted by Gasteiger charge is -2.19. The zero-order valence-electron chi connectivity index (χ0n) is 19.1. The topological polar surface area (TPSA) is 141 Å². The first-order valence-corrected chi connectivity index (χ1v) is 11.2. The molecule has 2 amide bonds. The molecule has 2 aromatic carbocycles. The van der Waals surface area contributed by atoms with Gasteiger partial charge in [-0.25, -0.2) is 4.98 Å². The van der Waals surface area contributed by atoms with E-state index < -0.39 is 17.9 Å². The van der Waals surface area contributed by atoms with Crippen molar-refractivity contribution in [2.45, 2.75) is 25.3 Å². The Labute approximate surface area is 203 Å². The van der Waals surface area contributed by atoms with Gasteiger partial charge < -0.3 is 26.2 Å². The summed E-state index contributed by atoms with van der Waals surface area (Å²) < 4.78 is 0. The van der Waals surface area contributed by atoms with Gasteiger partial charge in [-0.3, -0.25) is 14.4 Å². The molecule has 35 heavy (non-hydrogen) atoms. The summed E-state index contributed by atoms with van der Waals surface area (Å²) in [5.74, 6) is -1.22. The average Bonchev–Trinajstić information content (AvgIpc) is 2.86. The standard InChI is InChI=1S/C26H28N4O5/c31-22-15-19(11-12-20(22)18-7-2-1-3-8-18)21(16-26(34)35)30-25(33)17-29-24(32)10-6-14-28-23-9-4-5-13-27-23/h1-5,7-9,11-13,15,21,31H,6,10,14,16-17H2,(H,27,28)(H,29,32)(H,30,33)(H,34,35). The highest BCUT2D eigenvalue weighted by Gasteiger charge is 2.20. The van der Waals surface area contributed by atoms with Gasteiger partial charge in [0.2, 0.25) is 11.8 Å². The molecule has 0 aliphatic heterocycles. The zero-order chi connectivity index (χ0) is 25.0. The van der Waals surface area contributed by atoms with Gasteiger partial charge in [0.05, 0.1) is 19.0 Å². The van der Waals surface area contributed by atoms with Gasteiger partial charge in [0, 0.05) is 24.7 Å². The molecule has 1 heterocycles. The van der Waals surface area contributed by atoms with Crippen LogP contribution >= 0.6 is 0 Å². The molecule has 9 nitrogen and oxygen atoms in total. The first-order chi connectivity index (χ1) is 16.9. The third kappa shape index (κ3) is 8.15. The summed E-state index contributed by atoms with van der Waals surface area (Å²) >= 11 is 0. The van der Waals surface area contributed by atoms with E-state index in [0.717, 1.165) is 11.4 Å². The van der Waals surface area contributed by atoms with E-state index in [9.17, 15) is 24.6 Å². The van der Waals surface area contributed by atoms with Crippen molar-refractivity contribution in [1.29, 1.82) is 0 Å². The number of carboxylic acid groups (broad SMARTS) is 1. The molecule has 0 aliphatic rings. The van der Waals surface area contributed by atoms with Crippen LogP contribution in [0.4, 0.5) is 5.82 Å². The largest absolute Gasteiger partial charge is 0.507 e. The molecule has 9 heteroatoms. The van der Waals surface area contributed by atoms with Crippen LogP contribution in [0.25, 0.3) is 11.1 Å². The van der Waals surface area contributed by atoms with Crippen LogP contribution in [0, 0.1) is 0 Å². The minimum absolute atomic E-state index is 0.0223. The zero-order valence-corrected chi connectivity index (χ0v) is 19.1. The summed E-state index contributed by atoms with van der Waals surface area (Å²) in [4.78, 5) is 39.9. The van der Waals surface area contributed by atoms with Crippen molar-refractivity contribution in [2.75, 3.05) is 18.4 Å². The molecule has 1 aromatic heterocycles. The Bertz CT molecular complexity index is 1140. The van der Waals surface area contributed by atoms with Crippen molar-refractivity contribution in [3.63, 3.8) is 0 Å². The molecule has 3 rings (SSSR count). The number of benzene rings is 2. The number of pyridine rings is 1. The number of carboxylic acids is 1. The van der Waals surface area contributed by atoms with Crippen LogP contribution in [0.3, 0.4) is 0 Å². The van der Waals surface area contributed by atoms with Crippen LogP contribution in [0.15, 0.2) is 72.9 Å². The highest BCUT2D eigenvalue weighted by molar-refractivity contribution is 5.85. The molecular formula is C26H28N4O5. The van der Waals surface area contributed by atoms with Gasteiger partial charge in [-0.2, -0.15) is 0 Å². The Hall–Kier alpha value is -4.40. The summed E-state index contributed by atoms with van der Waals surface area (Å²) in [6, 6.07) is 18.7. The number of rotatable bonds is 12. The van der Waals surface area contributed by atoms with Gasteiger partial charge in [0.25, 0.3) is 0 Å². The smallest absolute Gasteiger partial charge is 0.305 e. The van der Waals surface area contributed by atoms with Gasteiger partial charge in [-0.05, 0) is 35.7 Å². The van der Waals surface area contributed by atoms with E-state index in [-0.39, 0.29) is 31.0 Å². The number of carbonyl (C=O) groups excluding carboxylic acids is 2. The quantitative estimate of drug-likeness (QED) is 0.253. The second-order valence-electron chi connectivity index (χ2n) is 7.88. The maximum absolute atomic E-state index is 12.4. The molecule has 182 valence electrons. The van der Waals surface area contributed by atoms with E-state index in [1.165, 1.54) is 6.07 Å². The van der Waals surface area contributed by atoms with Crippen molar-refractivity contribution in [2.24, 2.45) is 0 Å². The number of aromatic nitrogens is 1. The van der Waals surface area contributed by atoms with Crippen molar-refractivity contribution < 1.29 is 24.6 Å². The number of aromatic hydroxyl groups is 1. The molecule has 0 saturated heterocycles. The summed E-state index contributed by atoms with van der Waals surface area (Å²) in [5.41, 5.74) is 1.86. The molecule has 1 unspecified atom stereocenters. The maximum Gasteiger partial charge on any atom is 0.305 e. The van der Waals surface area contributed by atoms with Crippen molar-refractivity contribution in [3.8, 4) is 16.9 Å². The molecular weight excluding hydrogens is 448 g/mol. The van der Waals surface area contributed by atoms with Gasteiger partial charge in [-0.15, -0.1) is 0 Å². The number of hydrogen-bond donors (Lipinski definition) is 5. The van der Waals surface area contributed by atoms with E-state index in [4.69, 9.17) is 0 Å². The Balaban J connectivity index is 1.50. The lowest BCUT2D eigenvalue weighted by atomic mass is 9.98. The molecule has 1 atom stereocenters. The Morgan fingerprint density at radius 3 is 2.40 bits per heavy atom. The van der Waals surface area contributed by atoms with E-state index in [1.54, 1.807) is 18.3 Å². The maximum atomic E-state index is 12.4. The first-order valence-electron chi connectivity index (χ1n) is 11.2. The highest BCUT2D eigenvalue weighted by atomic mass is 16.4. The fourth-order valence-electron chi connectivity index (χ4n) is 3.50. The fraction of sp³-hybridized carbons (Fsp3) is 0.231. The van der Waals surface area contributed by atoms with Crippen LogP contribution in [-0.2, 0) is 14.4 Å². The molecule has 0 bridgehead atoms. The van der Waals surface area contributed by atoms with Gasteiger partial charge in [-0.1, -0.05) is 48.5 Å². The molecule has 0 radical (unpaired) electrons. The van der Waals surface area contributed by atoms with Crippen LogP contribution in [-0.4, -0.2) is 46.1 Å². The van der Waals surface area contributed by atoms with Crippen LogP contribution < -0.4 is 16.0 Å². The number of phenolic OH excluding ortho intramolecular Hbond substituents is 1. The molecule has 0 spiro atoms. The van der Waals surface area contributed by atoms with Gasteiger partial charge in [0.15, 0.2) is 0 Å². The summed E-state index contributed by atoms with van der Waals surface area (Å²) in [7, 11) is 0. The normalized spacial score (nSPS) is 11.3. The number of phenols is 1. The third-order valence-electron chi connectivity index (χ3n) is 5.22. The number of nitrogens with zero attached hydrogens (tertiary/aromatic N) is 1. The van der Waals surface area contributed by atoms with E-state index in [0.29, 0.717) is 24.1 Å². The minimum atomic E-state index is -1.11. The number of hydrogen-bond acceptors (Lipinski definition) is 6. The molecule has 0 aliphatic carbocycles. The highest BCUT2D eigenvalue weighted by Crippen LogP contribution is 2.32. The van der Waals surface area contributed by atoms with Crippen molar-refractivity contribution >= 4 is 23.6 Å². The Morgan fingerprint density at radius 1 is 0.943 bits per heavy atom. The number of nitrogens with one attached hydrogen (secondary N) is 3. The molecule has 3 aromatic rings. The van der Waals surface area contributed by atoms with Crippen LogP contribution in [0.1, 0.15) is 30.9 Å². The average molecular weight is 477 g/mol. The number of amides is 2. The molecule has 5 N–H and O–H groups in total. The van der Waals surface area contributed by atoms with Crippen molar-refractivity contribution in [1.82, 2.24) is 15.6 Å². The minimum Gasteiger partial charge on any atom is -0.507 e. The molecule has 0 fully saturated rings. The molecule has 0 saturated carbocycles. The fourth-order valence-corrected chi connectivity index (χ4v) is 3.50. The Kier molecular flexibility index (Phi) is 9.18. The van der Waals surface area contributed by atoms with E-state index in [2.05, 4.69) is 20.9 Å². The van der Waals surface area contributed by atoms with Gasteiger partial charge >= 0.3 is 5.97 Å². The van der Waals surface area contributed by atoms with Crippen molar-refractivity contribution in [3.05, 3.63) is 78.5 Å². The second-order valence-corrected chi connectivity index (χ2v) is 7.88. The first kappa shape index (κ1) is 25.2. The Morgan fingerprint density at radius 2 is 1.71 bits per heavy atom. The lowest BCUT2D eigenvalue weighted by Crippen LogP contribution is -2.39. The SMILES string of the molecule is O=C(O)CC(NC(=O)CNC(=O)CCCNc1ccccn1)c1ccc(-c2ccccc2)c(O)c1. The second kappa shape index (κ2) is 12.7. The summed E-state index contributed by atoms with van der Waals surface area (Å²) in [6.07, 6.45) is 2.08. The predicted molar refractivity (Wildman–Crippen MR) is 132 cm³/mol. The van der Waals surface area contributed by atoms with Crippen LogP contribution in [0.2, 0.25) is 0 Å². The van der Waals surface area contributed by atoms with Crippen LogP contribution in [0.5, 0.6) is 5.75 Å². The number of anilines is 1. The van der Waals surface area contributed by atoms with Gasteiger partial charge in [0.1, 0.15) is 11.6 Å². The van der Waals surface area contributed by atoms with E-state index >= 15 is 0 Å². The van der Waals surface area contributed by atoms with E-state index in [1.807, 2.05) is 48.5 Å². The monoisotopic (exact) mass is 476 g/mol. The third-order valence-corrected chi connectivity index (χ3v) is 5.22. The number of aliphatic carboxylic acids is 1. The number of carbonyl (C=O) groups is 3.